The maximum Gasteiger partial charge on any atom is 0.0957 e. The van der Waals surface area contributed by atoms with Crippen LogP contribution in [0, 0.1) is 6.92 Å². The monoisotopic (exact) mass is 234 g/mol. The van der Waals surface area contributed by atoms with E-state index in [-0.39, 0.29) is 0 Å². The fraction of sp³-hybridized carbons (Fsp3) is 0.250. The van der Waals surface area contributed by atoms with E-state index >= 15 is 0 Å². The maximum atomic E-state index is 10.0. The molecule has 1 aromatic carbocycles. The molecule has 16 heavy (non-hydrogen) atoms. The smallest absolute Gasteiger partial charge is 0.0957 e. The van der Waals surface area contributed by atoms with Crippen LogP contribution in [0.3, 0.4) is 0 Å². The largest absolute Gasteiger partial charge is 0.399 e. The molecule has 0 bridgehead atoms. The number of nitrogen functional groups attached to an aromatic ring is 1. The topological polar surface area (TPSA) is 59.1 Å². The lowest BCUT2D eigenvalue weighted by Crippen LogP contribution is -2.02. The van der Waals surface area contributed by atoms with Gasteiger partial charge in [0, 0.05) is 23.2 Å². The lowest BCUT2D eigenvalue weighted by molar-refractivity contribution is 0.178. The molecule has 1 unspecified atom stereocenters. The minimum absolute atomic E-state index is 0.533. The van der Waals surface area contributed by atoms with Crippen LogP contribution >= 0.6 is 11.3 Å². The van der Waals surface area contributed by atoms with Crippen LogP contribution in [-0.2, 0) is 6.42 Å². The Labute approximate surface area is 98.6 Å². The molecular weight excluding hydrogens is 220 g/mol. The van der Waals surface area contributed by atoms with Gasteiger partial charge in [0.25, 0.3) is 0 Å². The normalized spacial score (nSPS) is 12.6. The molecule has 3 nitrogen and oxygen atoms in total. The Morgan fingerprint density at radius 3 is 2.94 bits per heavy atom. The molecule has 0 aliphatic carbocycles. The first-order valence-corrected chi connectivity index (χ1v) is 5.97. The standard InChI is InChI=1S/C12H14N2OS/c1-8-7-16-12(14-8)6-11(15)9-3-2-4-10(13)5-9/h2-5,7,11,15H,6,13H2,1H3. The van der Waals surface area contributed by atoms with Crippen LogP contribution in [0.15, 0.2) is 29.6 Å². The van der Waals surface area contributed by atoms with Crippen molar-refractivity contribution >= 4 is 17.0 Å². The second kappa shape index (κ2) is 4.63. The summed E-state index contributed by atoms with van der Waals surface area (Å²) in [5, 5.41) is 13.0. The van der Waals surface area contributed by atoms with Crippen LogP contribution in [-0.4, -0.2) is 10.1 Å². The number of aliphatic hydroxyl groups is 1. The minimum atomic E-state index is -0.533. The number of benzene rings is 1. The van der Waals surface area contributed by atoms with Crippen LogP contribution in [0.2, 0.25) is 0 Å². The van der Waals surface area contributed by atoms with E-state index in [4.69, 9.17) is 5.73 Å². The number of hydrogen-bond acceptors (Lipinski definition) is 4. The first-order valence-electron chi connectivity index (χ1n) is 5.09. The number of aliphatic hydroxyl groups excluding tert-OH is 1. The van der Waals surface area contributed by atoms with Crippen molar-refractivity contribution in [2.75, 3.05) is 5.73 Å². The molecule has 0 saturated heterocycles. The van der Waals surface area contributed by atoms with Crippen molar-refractivity contribution < 1.29 is 5.11 Å². The molecule has 4 heteroatoms. The van der Waals surface area contributed by atoms with Gasteiger partial charge in [0.15, 0.2) is 0 Å². The van der Waals surface area contributed by atoms with Gasteiger partial charge in [0.2, 0.25) is 0 Å². The van der Waals surface area contributed by atoms with E-state index in [1.807, 2.05) is 30.5 Å². The van der Waals surface area contributed by atoms with Gasteiger partial charge < -0.3 is 10.8 Å². The number of nitrogens with zero attached hydrogens (tertiary/aromatic N) is 1. The summed E-state index contributed by atoms with van der Waals surface area (Å²) in [6.07, 6.45) is 0.0103. The Bertz CT molecular complexity index is 481. The van der Waals surface area contributed by atoms with Crippen molar-refractivity contribution in [2.24, 2.45) is 0 Å². The van der Waals surface area contributed by atoms with Crippen molar-refractivity contribution in [3.63, 3.8) is 0 Å². The van der Waals surface area contributed by atoms with Crippen LogP contribution in [0.4, 0.5) is 5.69 Å². The Kier molecular flexibility index (Phi) is 3.22. The third-order valence-electron chi connectivity index (χ3n) is 2.33. The van der Waals surface area contributed by atoms with E-state index in [2.05, 4.69) is 4.98 Å². The number of aryl methyl sites for hydroxylation is 1. The van der Waals surface area contributed by atoms with Gasteiger partial charge >= 0.3 is 0 Å². The van der Waals surface area contributed by atoms with Crippen molar-refractivity contribution in [3.8, 4) is 0 Å². The Morgan fingerprint density at radius 2 is 2.31 bits per heavy atom. The van der Waals surface area contributed by atoms with Crippen LogP contribution < -0.4 is 5.73 Å². The summed E-state index contributed by atoms with van der Waals surface area (Å²) in [4.78, 5) is 4.33. The third kappa shape index (κ3) is 2.59. The van der Waals surface area contributed by atoms with Gasteiger partial charge in [-0.25, -0.2) is 4.98 Å². The second-order valence-electron chi connectivity index (χ2n) is 3.77. The zero-order valence-corrected chi connectivity index (χ0v) is 9.87. The van der Waals surface area contributed by atoms with Gasteiger partial charge in [-0.2, -0.15) is 0 Å². The SMILES string of the molecule is Cc1csc(CC(O)c2cccc(N)c2)n1. The van der Waals surface area contributed by atoms with E-state index in [0.29, 0.717) is 12.1 Å². The van der Waals surface area contributed by atoms with E-state index in [1.165, 1.54) is 0 Å². The summed E-state index contributed by atoms with van der Waals surface area (Å²) < 4.78 is 0. The molecule has 3 N–H and O–H groups in total. The molecule has 0 spiro atoms. The van der Waals surface area contributed by atoms with Crippen LogP contribution in [0.5, 0.6) is 0 Å². The first-order chi connectivity index (χ1) is 7.65. The summed E-state index contributed by atoms with van der Waals surface area (Å²) in [6, 6.07) is 7.33. The van der Waals surface area contributed by atoms with Gasteiger partial charge in [-0.05, 0) is 24.6 Å². The molecule has 0 amide bonds. The molecule has 0 fully saturated rings. The highest BCUT2D eigenvalue weighted by Crippen LogP contribution is 2.21. The van der Waals surface area contributed by atoms with Gasteiger partial charge in [0.05, 0.1) is 11.1 Å². The molecule has 0 aliphatic rings. The minimum Gasteiger partial charge on any atom is -0.399 e. The quantitative estimate of drug-likeness (QED) is 0.801. The molecule has 2 rings (SSSR count). The summed E-state index contributed by atoms with van der Waals surface area (Å²) in [5.74, 6) is 0. The van der Waals surface area contributed by atoms with Crippen LogP contribution in [0.1, 0.15) is 22.4 Å². The Balaban J connectivity index is 2.11. The zero-order valence-electron chi connectivity index (χ0n) is 9.05. The number of nitrogens with two attached hydrogens (primary N) is 1. The molecule has 0 saturated carbocycles. The molecule has 1 heterocycles. The first kappa shape index (κ1) is 11.1. The average Bonchev–Trinajstić information content (AvgIpc) is 2.64. The number of aromatic nitrogens is 1. The molecule has 2 aromatic rings. The van der Waals surface area contributed by atoms with Gasteiger partial charge in [-0.1, -0.05) is 12.1 Å². The molecule has 0 aliphatic heterocycles. The van der Waals surface area contributed by atoms with Gasteiger partial charge in [-0.3, -0.25) is 0 Å². The number of anilines is 1. The lowest BCUT2D eigenvalue weighted by Gasteiger charge is -2.09. The number of thiazole rings is 1. The molecule has 1 aromatic heterocycles. The summed E-state index contributed by atoms with van der Waals surface area (Å²) >= 11 is 1.57. The van der Waals surface area contributed by atoms with E-state index in [0.717, 1.165) is 16.3 Å². The highest BCUT2D eigenvalue weighted by Gasteiger charge is 2.10. The number of rotatable bonds is 3. The van der Waals surface area contributed by atoms with E-state index < -0.39 is 6.10 Å². The van der Waals surface area contributed by atoms with Crippen molar-refractivity contribution in [1.29, 1.82) is 0 Å². The predicted octanol–water partition coefficient (Wildman–Crippen LogP) is 2.31. The Morgan fingerprint density at radius 1 is 1.50 bits per heavy atom. The average molecular weight is 234 g/mol. The highest BCUT2D eigenvalue weighted by molar-refractivity contribution is 7.09. The van der Waals surface area contributed by atoms with Crippen LogP contribution in [0.25, 0.3) is 0 Å². The second-order valence-corrected chi connectivity index (χ2v) is 4.72. The van der Waals surface area contributed by atoms with Crippen molar-refractivity contribution in [2.45, 2.75) is 19.4 Å². The third-order valence-corrected chi connectivity index (χ3v) is 3.32. The molecule has 1 atom stereocenters. The molecule has 0 radical (unpaired) electrons. The van der Waals surface area contributed by atoms with Gasteiger partial charge in [-0.15, -0.1) is 11.3 Å². The number of hydrogen-bond donors (Lipinski definition) is 2. The van der Waals surface area contributed by atoms with Crippen molar-refractivity contribution in [1.82, 2.24) is 4.98 Å². The molecule has 84 valence electrons. The van der Waals surface area contributed by atoms with Gasteiger partial charge in [0.1, 0.15) is 0 Å². The lowest BCUT2D eigenvalue weighted by atomic mass is 10.1. The molecular formula is C12H14N2OS. The summed E-state index contributed by atoms with van der Waals surface area (Å²) in [6.45, 7) is 1.95. The fourth-order valence-electron chi connectivity index (χ4n) is 1.55. The summed E-state index contributed by atoms with van der Waals surface area (Å²) in [5.41, 5.74) is 8.18. The fourth-order valence-corrected chi connectivity index (χ4v) is 2.36. The summed E-state index contributed by atoms with van der Waals surface area (Å²) in [7, 11) is 0. The van der Waals surface area contributed by atoms with Crippen molar-refractivity contribution in [3.05, 3.63) is 45.9 Å². The maximum absolute atomic E-state index is 10.0. The van der Waals surface area contributed by atoms with E-state index in [9.17, 15) is 5.11 Å². The predicted molar refractivity (Wildman–Crippen MR) is 66.4 cm³/mol. The highest BCUT2D eigenvalue weighted by atomic mass is 32.1. The zero-order chi connectivity index (χ0) is 11.5. The van der Waals surface area contributed by atoms with E-state index in [1.54, 1.807) is 17.4 Å². The Hall–Kier alpha value is -1.39.